The molecule has 1 aliphatic rings. The van der Waals surface area contributed by atoms with Crippen molar-refractivity contribution < 1.29 is 0 Å². The van der Waals surface area contributed by atoms with Crippen molar-refractivity contribution in [2.24, 2.45) is 0 Å². The van der Waals surface area contributed by atoms with E-state index in [1.54, 1.807) is 12.3 Å². The SMILES string of the molecule is CC.Clc1cc(Cl)c(C2CC2)cn1. The van der Waals surface area contributed by atoms with Gasteiger partial charge in [0, 0.05) is 11.2 Å². The number of hydrogen-bond acceptors (Lipinski definition) is 1. The van der Waals surface area contributed by atoms with Gasteiger partial charge in [-0.25, -0.2) is 4.98 Å². The zero-order valence-corrected chi connectivity index (χ0v) is 9.36. The molecule has 1 aliphatic carbocycles. The summed E-state index contributed by atoms with van der Waals surface area (Å²) in [5.41, 5.74) is 1.15. The van der Waals surface area contributed by atoms with Gasteiger partial charge in [-0.2, -0.15) is 0 Å². The van der Waals surface area contributed by atoms with E-state index in [1.807, 2.05) is 13.8 Å². The van der Waals surface area contributed by atoms with E-state index in [-0.39, 0.29) is 0 Å². The van der Waals surface area contributed by atoms with Gasteiger partial charge in [0.1, 0.15) is 5.15 Å². The Bertz CT molecular complexity index is 282. The molecule has 1 aromatic rings. The van der Waals surface area contributed by atoms with Crippen LogP contribution in [-0.4, -0.2) is 4.98 Å². The number of nitrogens with zero attached hydrogens (tertiary/aromatic N) is 1. The fraction of sp³-hybridized carbons (Fsp3) is 0.500. The second-order valence-electron chi connectivity index (χ2n) is 2.80. The lowest BCUT2D eigenvalue weighted by Gasteiger charge is -1.99. The Morgan fingerprint density at radius 1 is 1.31 bits per heavy atom. The van der Waals surface area contributed by atoms with Crippen LogP contribution in [0.1, 0.15) is 38.2 Å². The molecule has 0 amide bonds. The monoisotopic (exact) mass is 217 g/mol. The summed E-state index contributed by atoms with van der Waals surface area (Å²) in [6.45, 7) is 4.00. The smallest absolute Gasteiger partial charge is 0.130 e. The molecule has 72 valence electrons. The molecule has 1 saturated carbocycles. The predicted octanol–water partition coefficient (Wildman–Crippen LogP) is 4.29. The molecule has 0 aliphatic heterocycles. The fourth-order valence-electron chi connectivity index (χ4n) is 1.11. The van der Waals surface area contributed by atoms with Crippen LogP contribution in [0.2, 0.25) is 10.2 Å². The Kier molecular flexibility index (Phi) is 4.01. The van der Waals surface area contributed by atoms with E-state index in [0.717, 1.165) is 10.6 Å². The van der Waals surface area contributed by atoms with E-state index in [1.165, 1.54) is 12.8 Å². The van der Waals surface area contributed by atoms with Crippen molar-refractivity contribution in [3.8, 4) is 0 Å². The van der Waals surface area contributed by atoms with E-state index in [2.05, 4.69) is 4.98 Å². The first-order chi connectivity index (χ1) is 6.27. The molecule has 1 aromatic heterocycles. The number of halogens is 2. The van der Waals surface area contributed by atoms with Gasteiger partial charge in [0.15, 0.2) is 0 Å². The van der Waals surface area contributed by atoms with Gasteiger partial charge >= 0.3 is 0 Å². The molecular formula is C10H13Cl2N. The summed E-state index contributed by atoms with van der Waals surface area (Å²) in [4.78, 5) is 3.98. The first-order valence-corrected chi connectivity index (χ1v) is 5.34. The Labute approximate surface area is 89.1 Å². The van der Waals surface area contributed by atoms with Crippen LogP contribution >= 0.6 is 23.2 Å². The van der Waals surface area contributed by atoms with Crippen molar-refractivity contribution in [3.05, 3.63) is 28.0 Å². The van der Waals surface area contributed by atoms with Crippen molar-refractivity contribution in [2.45, 2.75) is 32.6 Å². The van der Waals surface area contributed by atoms with Crippen LogP contribution in [0.3, 0.4) is 0 Å². The van der Waals surface area contributed by atoms with Gasteiger partial charge in [-0.15, -0.1) is 0 Å². The third-order valence-corrected chi connectivity index (χ3v) is 2.40. The summed E-state index contributed by atoms with van der Waals surface area (Å²) in [6.07, 6.45) is 4.26. The second-order valence-corrected chi connectivity index (χ2v) is 3.60. The van der Waals surface area contributed by atoms with Crippen LogP contribution in [0.5, 0.6) is 0 Å². The highest BCUT2D eigenvalue weighted by Crippen LogP contribution is 2.43. The fourth-order valence-corrected chi connectivity index (χ4v) is 1.63. The zero-order valence-electron chi connectivity index (χ0n) is 7.85. The predicted molar refractivity (Wildman–Crippen MR) is 57.6 cm³/mol. The van der Waals surface area contributed by atoms with E-state index in [9.17, 15) is 0 Å². The average Bonchev–Trinajstić information content (AvgIpc) is 2.91. The zero-order chi connectivity index (χ0) is 9.84. The van der Waals surface area contributed by atoms with Gasteiger partial charge in [0.25, 0.3) is 0 Å². The summed E-state index contributed by atoms with van der Waals surface area (Å²) in [5.74, 6) is 0.646. The molecule has 1 nitrogen and oxygen atoms in total. The first kappa shape index (κ1) is 10.8. The second kappa shape index (κ2) is 4.83. The number of pyridine rings is 1. The summed E-state index contributed by atoms with van der Waals surface area (Å²) < 4.78 is 0. The molecule has 3 heteroatoms. The molecule has 1 heterocycles. The van der Waals surface area contributed by atoms with Crippen LogP contribution in [0.25, 0.3) is 0 Å². The van der Waals surface area contributed by atoms with Crippen LogP contribution in [0.15, 0.2) is 12.3 Å². The van der Waals surface area contributed by atoms with Crippen molar-refractivity contribution in [1.29, 1.82) is 0 Å². The highest BCUT2D eigenvalue weighted by molar-refractivity contribution is 6.34. The molecule has 0 radical (unpaired) electrons. The topological polar surface area (TPSA) is 12.9 Å². The van der Waals surface area contributed by atoms with Crippen LogP contribution < -0.4 is 0 Å². The van der Waals surface area contributed by atoms with Crippen molar-refractivity contribution in [3.63, 3.8) is 0 Å². The number of rotatable bonds is 1. The highest BCUT2D eigenvalue weighted by atomic mass is 35.5. The third-order valence-electron chi connectivity index (χ3n) is 1.87. The molecule has 1 fully saturated rings. The minimum Gasteiger partial charge on any atom is -0.244 e. The molecule has 0 aromatic carbocycles. The van der Waals surface area contributed by atoms with Crippen LogP contribution in [0, 0.1) is 0 Å². The van der Waals surface area contributed by atoms with Crippen molar-refractivity contribution in [1.82, 2.24) is 4.98 Å². The lowest BCUT2D eigenvalue weighted by atomic mass is 10.2. The van der Waals surface area contributed by atoms with E-state index < -0.39 is 0 Å². The highest BCUT2D eigenvalue weighted by Gasteiger charge is 2.25. The lowest BCUT2D eigenvalue weighted by molar-refractivity contribution is 1.09. The maximum Gasteiger partial charge on any atom is 0.130 e. The molecule has 0 bridgehead atoms. The molecular weight excluding hydrogens is 205 g/mol. The minimum absolute atomic E-state index is 0.472. The summed E-state index contributed by atoms with van der Waals surface area (Å²) in [5, 5.41) is 1.23. The maximum absolute atomic E-state index is 5.94. The Balaban J connectivity index is 0.000000396. The molecule has 0 N–H and O–H groups in total. The summed E-state index contributed by atoms with van der Waals surface area (Å²) in [7, 11) is 0. The van der Waals surface area contributed by atoms with Crippen LogP contribution in [-0.2, 0) is 0 Å². The Morgan fingerprint density at radius 2 is 1.92 bits per heavy atom. The van der Waals surface area contributed by atoms with Gasteiger partial charge in [-0.3, -0.25) is 0 Å². The van der Waals surface area contributed by atoms with Crippen LogP contribution in [0.4, 0.5) is 0 Å². The maximum atomic E-state index is 5.94. The standard InChI is InChI=1S/C8H7Cl2N.C2H6/c9-7-3-8(10)11-4-6(7)5-1-2-5;1-2/h3-5H,1-2H2;1-2H3. The van der Waals surface area contributed by atoms with Gasteiger partial charge < -0.3 is 0 Å². The van der Waals surface area contributed by atoms with Gasteiger partial charge in [-0.1, -0.05) is 37.0 Å². The Hall–Kier alpha value is -0.270. The Morgan fingerprint density at radius 3 is 2.38 bits per heavy atom. The van der Waals surface area contributed by atoms with Crippen molar-refractivity contribution in [2.75, 3.05) is 0 Å². The minimum atomic E-state index is 0.472. The van der Waals surface area contributed by atoms with E-state index in [4.69, 9.17) is 23.2 Å². The normalized spacial score (nSPS) is 14.8. The van der Waals surface area contributed by atoms with Gasteiger partial charge in [0.2, 0.25) is 0 Å². The van der Waals surface area contributed by atoms with Crippen molar-refractivity contribution >= 4 is 23.2 Å². The van der Waals surface area contributed by atoms with E-state index in [0.29, 0.717) is 11.1 Å². The third kappa shape index (κ3) is 2.85. The lowest BCUT2D eigenvalue weighted by Crippen LogP contribution is -1.83. The quantitative estimate of drug-likeness (QED) is 0.640. The molecule has 0 unspecified atom stereocenters. The first-order valence-electron chi connectivity index (χ1n) is 4.58. The summed E-state index contributed by atoms with van der Waals surface area (Å²) in [6, 6.07) is 1.71. The molecule has 13 heavy (non-hydrogen) atoms. The molecule has 0 saturated heterocycles. The molecule has 0 atom stereocenters. The summed E-state index contributed by atoms with van der Waals surface area (Å²) >= 11 is 11.6. The van der Waals surface area contributed by atoms with Gasteiger partial charge in [-0.05, 0) is 30.4 Å². The number of aromatic nitrogens is 1. The van der Waals surface area contributed by atoms with Gasteiger partial charge in [0.05, 0.1) is 0 Å². The molecule has 0 spiro atoms. The number of hydrogen-bond donors (Lipinski definition) is 0. The van der Waals surface area contributed by atoms with E-state index >= 15 is 0 Å². The molecule has 2 rings (SSSR count). The average molecular weight is 218 g/mol. The largest absolute Gasteiger partial charge is 0.244 e.